The van der Waals surface area contributed by atoms with Crippen molar-refractivity contribution < 1.29 is 27.5 Å². The Kier molecular flexibility index (Phi) is 11.0. The summed E-state index contributed by atoms with van der Waals surface area (Å²) in [5.74, 6) is -0.0572. The predicted molar refractivity (Wildman–Crippen MR) is 160 cm³/mol. The van der Waals surface area contributed by atoms with Crippen molar-refractivity contribution in [3.8, 4) is 11.5 Å². The number of ether oxygens (including phenoxy) is 2. The van der Waals surface area contributed by atoms with Crippen LogP contribution in [0.5, 0.6) is 11.5 Å². The third-order valence-electron chi connectivity index (χ3n) is 6.20. The quantitative estimate of drug-likeness (QED) is 0.299. The first-order chi connectivity index (χ1) is 19.5. The number of carbonyl (C=O) groups is 2. The molecule has 0 aromatic heterocycles. The van der Waals surface area contributed by atoms with E-state index in [0.29, 0.717) is 22.1 Å². The molecule has 220 valence electrons. The minimum absolute atomic E-state index is 0.0463. The van der Waals surface area contributed by atoms with E-state index in [1.807, 2.05) is 19.9 Å². The van der Waals surface area contributed by atoms with Gasteiger partial charge in [0.15, 0.2) is 0 Å². The molecular weight excluding hydrogens is 566 g/mol. The van der Waals surface area contributed by atoms with Gasteiger partial charge in [-0.1, -0.05) is 35.9 Å². The average molecular weight is 602 g/mol. The standard InChI is InChI=1S/C30H36ClN3O6S/c1-6-40-28-13-8-7-12-27(28)34(41(37,38)26-16-14-24(31)15-17-26)20-29(35)33(22(4)30(36)32-21(2)3)19-23-10-9-11-25(18-23)39-5/h7-18,21-22H,6,19-20H2,1-5H3,(H,32,36). The van der Waals surface area contributed by atoms with Crippen molar-refractivity contribution in [2.45, 2.75) is 51.2 Å². The molecule has 3 aromatic rings. The van der Waals surface area contributed by atoms with Crippen LogP contribution in [-0.4, -0.2) is 57.5 Å². The van der Waals surface area contributed by atoms with Gasteiger partial charge in [0, 0.05) is 17.6 Å². The summed E-state index contributed by atoms with van der Waals surface area (Å²) >= 11 is 6.01. The van der Waals surface area contributed by atoms with E-state index in [-0.39, 0.29) is 35.7 Å². The zero-order valence-corrected chi connectivity index (χ0v) is 25.4. The zero-order chi connectivity index (χ0) is 30.2. The number of hydrogen-bond acceptors (Lipinski definition) is 6. The second-order valence-electron chi connectivity index (χ2n) is 9.58. The summed E-state index contributed by atoms with van der Waals surface area (Å²) in [5.41, 5.74) is 0.905. The minimum Gasteiger partial charge on any atom is -0.497 e. The number of para-hydroxylation sites is 2. The third-order valence-corrected chi connectivity index (χ3v) is 8.23. The Morgan fingerprint density at radius 2 is 1.66 bits per heavy atom. The van der Waals surface area contributed by atoms with Gasteiger partial charge in [0.2, 0.25) is 11.8 Å². The molecule has 11 heteroatoms. The highest BCUT2D eigenvalue weighted by Crippen LogP contribution is 2.33. The van der Waals surface area contributed by atoms with Crippen molar-refractivity contribution in [2.75, 3.05) is 24.6 Å². The Hall–Kier alpha value is -3.76. The molecule has 0 spiro atoms. The Labute approximate surface area is 247 Å². The molecule has 9 nitrogen and oxygen atoms in total. The van der Waals surface area contributed by atoms with Crippen LogP contribution >= 0.6 is 11.6 Å². The molecule has 1 atom stereocenters. The highest BCUT2D eigenvalue weighted by Gasteiger charge is 2.34. The van der Waals surface area contributed by atoms with Crippen molar-refractivity contribution in [3.63, 3.8) is 0 Å². The summed E-state index contributed by atoms with van der Waals surface area (Å²) in [6, 6.07) is 18.4. The summed E-state index contributed by atoms with van der Waals surface area (Å²) in [5, 5.41) is 3.21. The number of amides is 2. The van der Waals surface area contributed by atoms with E-state index in [9.17, 15) is 18.0 Å². The summed E-state index contributed by atoms with van der Waals surface area (Å²) in [7, 11) is -2.72. The van der Waals surface area contributed by atoms with E-state index in [2.05, 4.69) is 5.32 Å². The highest BCUT2D eigenvalue weighted by atomic mass is 35.5. The lowest BCUT2D eigenvalue weighted by atomic mass is 10.1. The van der Waals surface area contributed by atoms with Gasteiger partial charge in [-0.3, -0.25) is 13.9 Å². The van der Waals surface area contributed by atoms with Crippen LogP contribution in [0.15, 0.2) is 77.7 Å². The van der Waals surface area contributed by atoms with Crippen LogP contribution in [-0.2, 0) is 26.2 Å². The molecule has 0 saturated heterocycles. The van der Waals surface area contributed by atoms with E-state index < -0.39 is 28.5 Å². The maximum absolute atomic E-state index is 14.1. The zero-order valence-electron chi connectivity index (χ0n) is 23.8. The number of nitrogens with one attached hydrogen (secondary N) is 1. The molecule has 0 fully saturated rings. The van der Waals surface area contributed by atoms with Crippen LogP contribution in [0.3, 0.4) is 0 Å². The van der Waals surface area contributed by atoms with Gasteiger partial charge in [0.05, 0.1) is 24.3 Å². The molecule has 2 amide bonds. The van der Waals surface area contributed by atoms with Crippen molar-refractivity contribution >= 4 is 39.1 Å². The summed E-state index contributed by atoms with van der Waals surface area (Å²) < 4.78 is 40.1. The smallest absolute Gasteiger partial charge is 0.264 e. The van der Waals surface area contributed by atoms with Gasteiger partial charge in [0.1, 0.15) is 24.1 Å². The van der Waals surface area contributed by atoms with Crippen molar-refractivity contribution in [1.82, 2.24) is 10.2 Å². The monoisotopic (exact) mass is 601 g/mol. The predicted octanol–water partition coefficient (Wildman–Crippen LogP) is 4.88. The summed E-state index contributed by atoms with van der Waals surface area (Å²) in [6.07, 6.45) is 0. The van der Waals surface area contributed by atoms with E-state index in [1.165, 1.54) is 36.3 Å². The molecule has 3 rings (SSSR count). The number of halogens is 1. The SMILES string of the molecule is CCOc1ccccc1N(CC(=O)N(Cc1cccc(OC)c1)C(C)C(=O)NC(C)C)S(=O)(=O)c1ccc(Cl)cc1. The molecule has 0 aliphatic rings. The van der Waals surface area contributed by atoms with Gasteiger partial charge in [0.25, 0.3) is 10.0 Å². The number of benzene rings is 3. The number of nitrogens with zero attached hydrogens (tertiary/aromatic N) is 2. The molecule has 0 aliphatic heterocycles. The van der Waals surface area contributed by atoms with Crippen LogP contribution in [0, 0.1) is 0 Å². The maximum atomic E-state index is 14.1. The van der Waals surface area contributed by atoms with Gasteiger partial charge >= 0.3 is 0 Å². The number of anilines is 1. The fourth-order valence-electron chi connectivity index (χ4n) is 4.14. The lowest BCUT2D eigenvalue weighted by Gasteiger charge is -2.32. The molecule has 0 aliphatic carbocycles. The van der Waals surface area contributed by atoms with Gasteiger partial charge in [-0.2, -0.15) is 0 Å². The summed E-state index contributed by atoms with van der Waals surface area (Å²) in [6.45, 7) is 6.79. The molecule has 0 bridgehead atoms. The number of carbonyl (C=O) groups excluding carboxylic acids is 2. The van der Waals surface area contributed by atoms with Crippen LogP contribution in [0.2, 0.25) is 5.02 Å². The normalized spacial score (nSPS) is 12.0. The first-order valence-corrected chi connectivity index (χ1v) is 15.0. The lowest BCUT2D eigenvalue weighted by molar-refractivity contribution is -0.139. The van der Waals surface area contributed by atoms with Crippen molar-refractivity contribution in [2.24, 2.45) is 0 Å². The van der Waals surface area contributed by atoms with E-state index >= 15 is 0 Å². The first kappa shape index (κ1) is 31.8. The maximum Gasteiger partial charge on any atom is 0.264 e. The van der Waals surface area contributed by atoms with Crippen LogP contribution in [0.25, 0.3) is 0 Å². The second kappa shape index (κ2) is 14.2. The van der Waals surface area contributed by atoms with E-state index in [0.717, 1.165) is 4.31 Å². The van der Waals surface area contributed by atoms with Gasteiger partial charge in [-0.15, -0.1) is 0 Å². The highest BCUT2D eigenvalue weighted by molar-refractivity contribution is 7.92. The molecule has 0 radical (unpaired) electrons. The third kappa shape index (κ3) is 8.14. The fourth-order valence-corrected chi connectivity index (χ4v) is 5.69. The van der Waals surface area contributed by atoms with Gasteiger partial charge in [-0.05, 0) is 81.8 Å². The molecule has 41 heavy (non-hydrogen) atoms. The Morgan fingerprint density at radius 1 is 0.976 bits per heavy atom. The summed E-state index contributed by atoms with van der Waals surface area (Å²) in [4.78, 5) is 28.4. The average Bonchev–Trinajstić information content (AvgIpc) is 2.94. The topological polar surface area (TPSA) is 105 Å². The Morgan fingerprint density at radius 3 is 2.29 bits per heavy atom. The van der Waals surface area contributed by atoms with Gasteiger partial charge < -0.3 is 19.7 Å². The first-order valence-electron chi connectivity index (χ1n) is 13.2. The lowest BCUT2D eigenvalue weighted by Crippen LogP contribution is -2.52. The molecule has 0 heterocycles. The van der Waals surface area contributed by atoms with Gasteiger partial charge in [-0.25, -0.2) is 8.42 Å². The second-order valence-corrected chi connectivity index (χ2v) is 11.9. The van der Waals surface area contributed by atoms with Crippen LogP contribution in [0.1, 0.15) is 33.3 Å². The van der Waals surface area contributed by atoms with Crippen LogP contribution in [0.4, 0.5) is 5.69 Å². The Bertz CT molecular complexity index is 1450. The minimum atomic E-state index is -4.26. The van der Waals surface area contributed by atoms with E-state index in [1.54, 1.807) is 56.3 Å². The molecule has 0 saturated carbocycles. The molecule has 3 aromatic carbocycles. The number of methoxy groups -OCH3 is 1. The van der Waals surface area contributed by atoms with Crippen molar-refractivity contribution in [3.05, 3.63) is 83.4 Å². The van der Waals surface area contributed by atoms with E-state index in [4.69, 9.17) is 21.1 Å². The fraction of sp³-hybridized carbons (Fsp3) is 0.333. The number of hydrogen-bond donors (Lipinski definition) is 1. The molecule has 1 N–H and O–H groups in total. The number of rotatable bonds is 13. The number of sulfonamides is 1. The largest absolute Gasteiger partial charge is 0.497 e. The van der Waals surface area contributed by atoms with Crippen LogP contribution < -0.4 is 19.1 Å². The Balaban J connectivity index is 2.09. The van der Waals surface area contributed by atoms with Crippen molar-refractivity contribution in [1.29, 1.82) is 0 Å². The molecule has 1 unspecified atom stereocenters. The molecular formula is C30H36ClN3O6S.